The van der Waals surface area contributed by atoms with E-state index in [0.29, 0.717) is 5.02 Å². The minimum Gasteiger partial charge on any atom is -0.381 e. The number of nitrogens with one attached hydrogen (secondary N) is 1. The van der Waals surface area contributed by atoms with E-state index < -0.39 is 11.4 Å². The van der Waals surface area contributed by atoms with Gasteiger partial charge in [0.2, 0.25) is 0 Å². The van der Waals surface area contributed by atoms with Gasteiger partial charge < -0.3 is 9.88 Å². The number of pyridine rings is 1. The Kier molecular flexibility index (Phi) is 3.79. The van der Waals surface area contributed by atoms with Crippen molar-refractivity contribution in [2.24, 2.45) is 7.05 Å². The summed E-state index contributed by atoms with van der Waals surface area (Å²) in [6.45, 7) is 1.97. The van der Waals surface area contributed by atoms with Crippen LogP contribution in [0.5, 0.6) is 0 Å². The van der Waals surface area contributed by atoms with Crippen LogP contribution < -0.4 is 10.9 Å². The molecule has 0 radical (unpaired) electrons. The number of hydrogen-bond donors (Lipinski definition) is 1. The minimum absolute atomic E-state index is 0.0640. The molecule has 2 heterocycles. The van der Waals surface area contributed by atoms with Gasteiger partial charge in [-0.3, -0.25) is 4.79 Å². The highest BCUT2D eigenvalue weighted by Crippen LogP contribution is 2.38. The van der Waals surface area contributed by atoms with Gasteiger partial charge >= 0.3 is 0 Å². The monoisotopic (exact) mass is 318 g/mol. The zero-order chi connectivity index (χ0) is 15.9. The third kappa shape index (κ3) is 2.66. The van der Waals surface area contributed by atoms with E-state index >= 15 is 0 Å². The lowest BCUT2D eigenvalue weighted by Crippen LogP contribution is -2.25. The van der Waals surface area contributed by atoms with E-state index in [1.165, 1.54) is 10.6 Å². The summed E-state index contributed by atoms with van der Waals surface area (Å²) in [5.74, 6) is -0.671. The van der Waals surface area contributed by atoms with Gasteiger partial charge in [0.25, 0.3) is 5.56 Å². The summed E-state index contributed by atoms with van der Waals surface area (Å²) in [5.41, 5.74) is 2.24. The fraction of sp³-hybridized carbons (Fsp3) is 0.235. The molecule has 1 aliphatic heterocycles. The van der Waals surface area contributed by atoms with Gasteiger partial charge in [-0.15, -0.1) is 0 Å². The van der Waals surface area contributed by atoms with E-state index in [1.807, 2.05) is 31.2 Å². The van der Waals surface area contributed by atoms with E-state index in [4.69, 9.17) is 11.6 Å². The highest BCUT2D eigenvalue weighted by molar-refractivity contribution is 6.30. The van der Waals surface area contributed by atoms with Gasteiger partial charge in [-0.1, -0.05) is 29.8 Å². The fourth-order valence-electron chi connectivity index (χ4n) is 2.88. The lowest BCUT2D eigenvalue weighted by atomic mass is 9.89. The van der Waals surface area contributed by atoms with Crippen molar-refractivity contribution in [3.05, 3.63) is 80.6 Å². The van der Waals surface area contributed by atoms with E-state index in [9.17, 15) is 9.18 Å². The van der Waals surface area contributed by atoms with E-state index in [1.54, 1.807) is 13.2 Å². The van der Waals surface area contributed by atoms with E-state index in [2.05, 4.69) is 11.4 Å². The Morgan fingerprint density at radius 3 is 2.55 bits per heavy atom. The molecule has 0 bridgehead atoms. The van der Waals surface area contributed by atoms with Crippen LogP contribution in [0.4, 0.5) is 4.39 Å². The van der Waals surface area contributed by atoms with Crippen molar-refractivity contribution in [1.29, 1.82) is 0 Å². The van der Waals surface area contributed by atoms with Gasteiger partial charge in [-0.25, -0.2) is 4.39 Å². The van der Waals surface area contributed by atoms with Crippen LogP contribution in [0, 0.1) is 5.82 Å². The standard InChI is InChI=1S/C17H16ClFN2O/c1-10-7-14(11-3-5-13(18)6-4-11)16(20-10)12-8-15(19)17(22)21(2)9-12/h3-9,14,16,20H,1-2H3. The van der Waals surface area contributed by atoms with Crippen molar-refractivity contribution in [3.63, 3.8) is 0 Å². The number of aromatic nitrogens is 1. The molecular weight excluding hydrogens is 303 g/mol. The summed E-state index contributed by atoms with van der Waals surface area (Å²) in [6.07, 6.45) is 3.79. The normalized spacial score (nSPS) is 20.6. The molecule has 0 amide bonds. The Balaban J connectivity index is 2.03. The molecule has 1 aliphatic rings. The number of benzene rings is 1. The number of hydrogen-bond acceptors (Lipinski definition) is 2. The van der Waals surface area contributed by atoms with E-state index in [-0.39, 0.29) is 12.0 Å². The molecule has 0 aliphatic carbocycles. The first-order valence-electron chi connectivity index (χ1n) is 7.02. The molecule has 2 unspecified atom stereocenters. The first-order chi connectivity index (χ1) is 10.5. The molecule has 22 heavy (non-hydrogen) atoms. The highest BCUT2D eigenvalue weighted by atomic mass is 35.5. The molecular formula is C17H16ClFN2O. The van der Waals surface area contributed by atoms with Crippen LogP contribution in [0.1, 0.15) is 30.0 Å². The van der Waals surface area contributed by atoms with Gasteiger partial charge in [0.15, 0.2) is 5.82 Å². The largest absolute Gasteiger partial charge is 0.381 e. The zero-order valence-corrected chi connectivity index (χ0v) is 13.1. The average Bonchev–Trinajstić information content (AvgIpc) is 2.87. The SMILES string of the molecule is CC1=CC(c2ccc(Cl)cc2)C(c2cc(F)c(=O)n(C)c2)N1. The Bertz CT molecular complexity index is 769. The van der Waals surface area contributed by atoms with Gasteiger partial charge in [0.1, 0.15) is 0 Å². The molecule has 0 saturated heterocycles. The third-order valence-electron chi connectivity index (χ3n) is 3.95. The first-order valence-corrected chi connectivity index (χ1v) is 7.40. The molecule has 0 spiro atoms. The summed E-state index contributed by atoms with van der Waals surface area (Å²) in [6, 6.07) is 8.83. The molecule has 1 aromatic heterocycles. The Morgan fingerprint density at radius 1 is 1.23 bits per heavy atom. The maximum atomic E-state index is 13.8. The molecule has 0 saturated carbocycles. The van der Waals surface area contributed by atoms with E-state index in [0.717, 1.165) is 16.8 Å². The van der Waals surface area contributed by atoms with Crippen molar-refractivity contribution in [2.45, 2.75) is 18.9 Å². The smallest absolute Gasteiger partial charge is 0.286 e. The van der Waals surface area contributed by atoms with Crippen molar-refractivity contribution in [3.8, 4) is 0 Å². The first kappa shape index (κ1) is 14.9. The number of halogens is 2. The molecule has 2 atom stereocenters. The Hall–Kier alpha value is -2.07. The number of aryl methyl sites for hydroxylation is 1. The van der Waals surface area contributed by atoms with Gasteiger partial charge in [-0.05, 0) is 36.2 Å². The van der Waals surface area contributed by atoms with Crippen LogP contribution in [0.3, 0.4) is 0 Å². The maximum Gasteiger partial charge on any atom is 0.286 e. The van der Waals surface area contributed by atoms with Crippen molar-refractivity contribution in [1.82, 2.24) is 9.88 Å². The number of allylic oxidation sites excluding steroid dienone is 1. The molecule has 1 aromatic carbocycles. The second kappa shape index (κ2) is 5.61. The van der Waals surface area contributed by atoms with Crippen LogP contribution in [0.2, 0.25) is 5.02 Å². The lowest BCUT2D eigenvalue weighted by molar-refractivity contribution is 0.552. The minimum atomic E-state index is -0.735. The molecule has 2 aromatic rings. The molecule has 0 fully saturated rings. The summed E-state index contributed by atoms with van der Waals surface area (Å²) in [5, 5.41) is 4.03. The second-order valence-corrected chi connectivity index (χ2v) is 6.02. The zero-order valence-electron chi connectivity index (χ0n) is 12.3. The predicted molar refractivity (Wildman–Crippen MR) is 85.5 cm³/mol. The molecule has 3 rings (SSSR count). The third-order valence-corrected chi connectivity index (χ3v) is 4.20. The fourth-order valence-corrected chi connectivity index (χ4v) is 3.01. The van der Waals surface area contributed by atoms with Gasteiger partial charge in [-0.2, -0.15) is 0 Å². The second-order valence-electron chi connectivity index (χ2n) is 5.59. The molecule has 5 heteroatoms. The van der Waals surface area contributed by atoms with Crippen molar-refractivity contribution < 1.29 is 4.39 Å². The molecule has 1 N–H and O–H groups in total. The number of nitrogens with zero attached hydrogens (tertiary/aromatic N) is 1. The van der Waals surface area contributed by atoms with Crippen LogP contribution in [0.25, 0.3) is 0 Å². The lowest BCUT2D eigenvalue weighted by Gasteiger charge is -2.22. The summed E-state index contributed by atoms with van der Waals surface area (Å²) in [4.78, 5) is 11.5. The van der Waals surface area contributed by atoms with Gasteiger partial charge in [0, 0.05) is 29.9 Å². The summed E-state index contributed by atoms with van der Waals surface area (Å²) in [7, 11) is 1.56. The van der Waals surface area contributed by atoms with Gasteiger partial charge in [0.05, 0.1) is 6.04 Å². The van der Waals surface area contributed by atoms with Crippen molar-refractivity contribution in [2.75, 3.05) is 0 Å². The summed E-state index contributed by atoms with van der Waals surface area (Å²) < 4.78 is 15.1. The summed E-state index contributed by atoms with van der Waals surface area (Å²) >= 11 is 5.94. The average molecular weight is 319 g/mol. The van der Waals surface area contributed by atoms with Crippen LogP contribution in [-0.2, 0) is 7.05 Å². The highest BCUT2D eigenvalue weighted by Gasteiger charge is 2.29. The van der Waals surface area contributed by atoms with Crippen LogP contribution in [-0.4, -0.2) is 4.57 Å². The predicted octanol–water partition coefficient (Wildman–Crippen LogP) is 3.51. The Morgan fingerprint density at radius 2 is 1.91 bits per heavy atom. The quantitative estimate of drug-likeness (QED) is 0.919. The Labute approximate surface area is 133 Å². The molecule has 114 valence electrons. The maximum absolute atomic E-state index is 13.8. The molecule has 3 nitrogen and oxygen atoms in total. The topological polar surface area (TPSA) is 34.0 Å². The number of rotatable bonds is 2. The van der Waals surface area contributed by atoms with Crippen LogP contribution in [0.15, 0.2) is 53.1 Å². The van der Waals surface area contributed by atoms with Crippen molar-refractivity contribution >= 4 is 11.6 Å². The van der Waals surface area contributed by atoms with Crippen LogP contribution >= 0.6 is 11.6 Å².